The summed E-state index contributed by atoms with van der Waals surface area (Å²) in [5, 5.41) is 8.72. The number of amides is 1. The molecule has 108 valence electrons. The van der Waals surface area contributed by atoms with Gasteiger partial charge in [-0.15, -0.1) is 0 Å². The van der Waals surface area contributed by atoms with Crippen LogP contribution in [0.4, 0.5) is 5.82 Å². The largest absolute Gasteiger partial charge is 0.368 e. The number of anilines is 1. The number of carbonyl (C=O) groups is 1. The summed E-state index contributed by atoms with van der Waals surface area (Å²) in [7, 11) is 0. The number of imidazole rings is 1. The average Bonchev–Trinajstić information content (AvgIpc) is 2.96. The van der Waals surface area contributed by atoms with Crippen LogP contribution in [0.2, 0.25) is 0 Å². The van der Waals surface area contributed by atoms with Crippen LogP contribution < -0.4 is 10.6 Å². The molecule has 0 radical (unpaired) electrons. The van der Waals surface area contributed by atoms with Gasteiger partial charge in [-0.1, -0.05) is 0 Å². The maximum Gasteiger partial charge on any atom is 0.237 e. The minimum Gasteiger partial charge on any atom is -0.368 e. The van der Waals surface area contributed by atoms with E-state index in [1.54, 1.807) is 34.3 Å². The number of nitrogens with zero attached hydrogens (tertiary/aromatic N) is 6. The molecule has 0 aliphatic rings. The highest BCUT2D eigenvalue weighted by Crippen LogP contribution is 2.14. The van der Waals surface area contributed by atoms with E-state index in [4.69, 9.17) is 11.0 Å². The molecule has 0 spiro atoms. The minimum absolute atomic E-state index is 0.00149. The third kappa shape index (κ3) is 3.76. The molecule has 0 aliphatic heterocycles. The Hall–Kier alpha value is -2.95. The number of aromatic nitrogens is 4. The van der Waals surface area contributed by atoms with Crippen molar-refractivity contribution in [2.75, 3.05) is 18.0 Å². The van der Waals surface area contributed by atoms with Gasteiger partial charge in [0.05, 0.1) is 19.0 Å². The summed E-state index contributed by atoms with van der Waals surface area (Å²) in [5.74, 6) is 0.530. The van der Waals surface area contributed by atoms with Crippen molar-refractivity contribution in [1.29, 1.82) is 5.26 Å². The number of primary amides is 1. The molecule has 1 amide bonds. The number of hydrogen-bond donors (Lipinski definition) is 1. The Morgan fingerprint density at radius 3 is 2.95 bits per heavy atom. The second kappa shape index (κ2) is 6.47. The predicted molar refractivity (Wildman–Crippen MR) is 75.5 cm³/mol. The molecule has 2 rings (SSSR count). The van der Waals surface area contributed by atoms with Crippen molar-refractivity contribution in [3.63, 3.8) is 0 Å². The predicted octanol–water partition coefficient (Wildman–Crippen LogP) is 0.176. The van der Waals surface area contributed by atoms with Gasteiger partial charge in [0, 0.05) is 30.7 Å². The summed E-state index contributed by atoms with van der Waals surface area (Å²) >= 11 is 0. The van der Waals surface area contributed by atoms with E-state index in [0.29, 0.717) is 18.3 Å². The quantitative estimate of drug-likeness (QED) is 0.809. The van der Waals surface area contributed by atoms with Crippen molar-refractivity contribution in [3.8, 4) is 12.0 Å². The molecule has 0 unspecified atom stereocenters. The second-order valence-electron chi connectivity index (χ2n) is 4.43. The molecule has 8 nitrogen and oxygen atoms in total. The number of nitriles is 1. The third-order valence-electron chi connectivity index (χ3n) is 2.73. The molecule has 0 bridgehead atoms. The lowest BCUT2D eigenvalue weighted by atomic mass is 10.3. The maximum atomic E-state index is 11.2. The van der Waals surface area contributed by atoms with Gasteiger partial charge in [-0.2, -0.15) is 10.2 Å². The van der Waals surface area contributed by atoms with Crippen LogP contribution in [0, 0.1) is 18.3 Å². The average molecular weight is 285 g/mol. The highest BCUT2D eigenvalue weighted by atomic mass is 16.1. The Bertz CT molecular complexity index is 660. The van der Waals surface area contributed by atoms with Gasteiger partial charge in [-0.3, -0.25) is 9.36 Å². The molecule has 0 atom stereocenters. The molecule has 2 aromatic rings. The number of carbonyl (C=O) groups excluding carboxylic acids is 1. The normalized spacial score (nSPS) is 10.1. The summed E-state index contributed by atoms with van der Waals surface area (Å²) in [6, 6.07) is 3.80. The van der Waals surface area contributed by atoms with E-state index in [2.05, 4.69) is 15.0 Å². The van der Waals surface area contributed by atoms with Crippen LogP contribution in [0.15, 0.2) is 24.8 Å². The lowest BCUT2D eigenvalue weighted by Crippen LogP contribution is -2.35. The lowest BCUT2D eigenvalue weighted by molar-refractivity contribution is -0.116. The molecule has 0 saturated heterocycles. The Morgan fingerprint density at radius 2 is 2.33 bits per heavy atom. The number of rotatable bonds is 6. The maximum absolute atomic E-state index is 11.2. The van der Waals surface area contributed by atoms with E-state index >= 15 is 0 Å². The zero-order valence-electron chi connectivity index (χ0n) is 11.6. The van der Waals surface area contributed by atoms with Gasteiger partial charge in [-0.25, -0.2) is 9.97 Å². The van der Waals surface area contributed by atoms with E-state index in [0.717, 1.165) is 5.69 Å². The second-order valence-corrected chi connectivity index (χ2v) is 4.43. The van der Waals surface area contributed by atoms with Crippen LogP contribution in [0.3, 0.4) is 0 Å². The molecule has 0 fully saturated rings. The highest BCUT2D eigenvalue weighted by Gasteiger charge is 2.13. The van der Waals surface area contributed by atoms with E-state index < -0.39 is 5.91 Å². The Kier molecular flexibility index (Phi) is 4.46. The van der Waals surface area contributed by atoms with Crippen molar-refractivity contribution in [2.45, 2.75) is 13.3 Å². The van der Waals surface area contributed by atoms with Crippen LogP contribution in [0.1, 0.15) is 12.1 Å². The number of hydrogen-bond acceptors (Lipinski definition) is 6. The Labute approximate surface area is 121 Å². The van der Waals surface area contributed by atoms with Crippen LogP contribution in [-0.2, 0) is 4.79 Å². The smallest absolute Gasteiger partial charge is 0.237 e. The molecular weight excluding hydrogens is 270 g/mol. The number of nitrogens with two attached hydrogens (primary N) is 1. The fourth-order valence-electron chi connectivity index (χ4n) is 1.84. The number of aryl methyl sites for hydroxylation is 1. The van der Waals surface area contributed by atoms with Crippen LogP contribution >= 0.6 is 0 Å². The van der Waals surface area contributed by atoms with Gasteiger partial charge in [0.2, 0.25) is 11.9 Å². The summed E-state index contributed by atoms with van der Waals surface area (Å²) in [6.45, 7) is 2.21. The standard InChI is InChI=1S/C13H15N7O/c1-10-7-12(19(5-2-3-14)8-11(15)21)18-13(17-10)20-6-4-16-9-20/h4,6-7,9H,2,5,8H2,1H3,(H2,15,21). The van der Waals surface area contributed by atoms with Crippen LogP contribution in [0.25, 0.3) is 5.95 Å². The molecule has 0 aromatic carbocycles. The summed E-state index contributed by atoms with van der Waals surface area (Å²) in [5.41, 5.74) is 6.00. The molecule has 0 saturated carbocycles. The molecule has 2 aromatic heterocycles. The molecular formula is C13H15N7O. The fraction of sp³-hybridized carbons (Fsp3) is 0.308. The van der Waals surface area contributed by atoms with Crippen molar-refractivity contribution < 1.29 is 4.79 Å². The van der Waals surface area contributed by atoms with Crippen molar-refractivity contribution in [1.82, 2.24) is 19.5 Å². The molecule has 2 heterocycles. The third-order valence-corrected chi connectivity index (χ3v) is 2.73. The van der Waals surface area contributed by atoms with E-state index in [1.165, 1.54) is 0 Å². The monoisotopic (exact) mass is 285 g/mol. The van der Waals surface area contributed by atoms with Gasteiger partial charge < -0.3 is 10.6 Å². The lowest BCUT2D eigenvalue weighted by Gasteiger charge is -2.21. The zero-order chi connectivity index (χ0) is 15.2. The first-order valence-corrected chi connectivity index (χ1v) is 6.34. The van der Waals surface area contributed by atoms with Gasteiger partial charge in [0.1, 0.15) is 12.1 Å². The van der Waals surface area contributed by atoms with Crippen LogP contribution in [0.5, 0.6) is 0 Å². The summed E-state index contributed by atoms with van der Waals surface area (Å²) in [6.07, 6.45) is 5.22. The van der Waals surface area contributed by atoms with Crippen molar-refractivity contribution in [3.05, 3.63) is 30.5 Å². The first-order valence-electron chi connectivity index (χ1n) is 6.34. The first kappa shape index (κ1) is 14.5. The van der Waals surface area contributed by atoms with Gasteiger partial charge in [-0.05, 0) is 6.92 Å². The Balaban J connectivity index is 2.35. The molecule has 8 heteroatoms. The molecule has 21 heavy (non-hydrogen) atoms. The van der Waals surface area contributed by atoms with Gasteiger partial charge in [0.15, 0.2) is 0 Å². The molecule has 0 aliphatic carbocycles. The zero-order valence-corrected chi connectivity index (χ0v) is 11.6. The SMILES string of the molecule is Cc1cc(N(CCC#N)CC(N)=O)nc(-n2ccnc2)n1. The Morgan fingerprint density at radius 1 is 1.52 bits per heavy atom. The summed E-state index contributed by atoms with van der Waals surface area (Å²) in [4.78, 5) is 25.5. The van der Waals surface area contributed by atoms with Gasteiger partial charge in [0.25, 0.3) is 0 Å². The fourth-order valence-corrected chi connectivity index (χ4v) is 1.84. The van der Waals surface area contributed by atoms with E-state index in [9.17, 15) is 4.79 Å². The van der Waals surface area contributed by atoms with Crippen molar-refractivity contribution in [2.24, 2.45) is 5.73 Å². The van der Waals surface area contributed by atoms with E-state index in [1.807, 2.05) is 13.0 Å². The molecule has 2 N–H and O–H groups in total. The van der Waals surface area contributed by atoms with E-state index in [-0.39, 0.29) is 13.0 Å². The highest BCUT2D eigenvalue weighted by molar-refractivity contribution is 5.79. The van der Waals surface area contributed by atoms with Crippen molar-refractivity contribution >= 4 is 11.7 Å². The summed E-state index contributed by atoms with van der Waals surface area (Å²) < 4.78 is 1.67. The topological polar surface area (TPSA) is 114 Å². The minimum atomic E-state index is -0.478. The first-order chi connectivity index (χ1) is 10.1. The van der Waals surface area contributed by atoms with Crippen LogP contribution in [-0.4, -0.2) is 38.5 Å². The van der Waals surface area contributed by atoms with Gasteiger partial charge >= 0.3 is 0 Å².